The molecule has 0 radical (unpaired) electrons. The second kappa shape index (κ2) is 11.7. The van der Waals surface area contributed by atoms with E-state index in [4.69, 9.17) is 9.47 Å². The fraction of sp³-hybridized carbons (Fsp3) is 0.833. The summed E-state index contributed by atoms with van der Waals surface area (Å²) < 4.78 is 9.99. The van der Waals surface area contributed by atoms with Gasteiger partial charge in [0.1, 0.15) is 0 Å². The molecule has 7 heteroatoms. The molecule has 0 heterocycles. The summed E-state index contributed by atoms with van der Waals surface area (Å²) in [5.41, 5.74) is 0. The van der Waals surface area contributed by atoms with Gasteiger partial charge in [0.05, 0.1) is 12.6 Å². The molecule has 1 atom stereocenters. The van der Waals surface area contributed by atoms with Crippen LogP contribution < -0.4 is 16.0 Å². The maximum Gasteiger partial charge on any atom is 0.315 e. The summed E-state index contributed by atoms with van der Waals surface area (Å²) in [6.07, 6.45) is 1.71. The number of rotatable bonds is 10. The summed E-state index contributed by atoms with van der Waals surface area (Å²) in [4.78, 5) is 22.6. The first kappa shape index (κ1) is 17.7. The van der Waals surface area contributed by atoms with Crippen LogP contribution in [0.1, 0.15) is 19.3 Å². The Bertz CT molecular complexity index is 261. The van der Waals surface area contributed by atoms with E-state index >= 15 is 0 Å². The molecule has 7 nitrogen and oxygen atoms in total. The first-order valence-electron chi connectivity index (χ1n) is 6.36. The van der Waals surface area contributed by atoms with Crippen LogP contribution in [0.3, 0.4) is 0 Å². The third kappa shape index (κ3) is 10.3. The molecule has 0 aliphatic rings. The SMILES string of the molecule is CNC(=O)CCCNC(=O)NC(CCOC)COC. The Labute approximate surface area is 114 Å². The van der Waals surface area contributed by atoms with Crippen molar-refractivity contribution in [1.82, 2.24) is 16.0 Å². The van der Waals surface area contributed by atoms with Crippen LogP contribution in [0.15, 0.2) is 0 Å². The van der Waals surface area contributed by atoms with Gasteiger partial charge >= 0.3 is 6.03 Å². The maximum absolute atomic E-state index is 11.6. The van der Waals surface area contributed by atoms with Gasteiger partial charge < -0.3 is 25.4 Å². The van der Waals surface area contributed by atoms with Crippen molar-refractivity contribution in [3.8, 4) is 0 Å². The van der Waals surface area contributed by atoms with Crippen LogP contribution >= 0.6 is 0 Å². The lowest BCUT2D eigenvalue weighted by Crippen LogP contribution is -2.45. The molecule has 0 fully saturated rings. The number of carbonyl (C=O) groups excluding carboxylic acids is 2. The van der Waals surface area contributed by atoms with Crippen molar-refractivity contribution in [3.05, 3.63) is 0 Å². The van der Waals surface area contributed by atoms with E-state index < -0.39 is 0 Å². The molecule has 0 rings (SSSR count). The van der Waals surface area contributed by atoms with Crippen LogP contribution in [0.5, 0.6) is 0 Å². The zero-order chi connectivity index (χ0) is 14.5. The van der Waals surface area contributed by atoms with E-state index in [1.807, 2.05) is 0 Å². The normalized spacial score (nSPS) is 11.7. The van der Waals surface area contributed by atoms with E-state index in [0.717, 1.165) is 0 Å². The van der Waals surface area contributed by atoms with Crippen molar-refractivity contribution in [2.45, 2.75) is 25.3 Å². The number of hydrogen-bond donors (Lipinski definition) is 3. The largest absolute Gasteiger partial charge is 0.385 e. The molecule has 0 aromatic heterocycles. The molecule has 3 amide bonds. The Hall–Kier alpha value is -1.34. The van der Waals surface area contributed by atoms with Gasteiger partial charge in [-0.05, 0) is 12.8 Å². The quantitative estimate of drug-likeness (QED) is 0.484. The Kier molecular flexibility index (Phi) is 10.9. The van der Waals surface area contributed by atoms with E-state index in [-0.39, 0.29) is 18.0 Å². The molecule has 19 heavy (non-hydrogen) atoms. The molecular formula is C12H25N3O4. The molecule has 0 saturated heterocycles. The zero-order valence-corrected chi connectivity index (χ0v) is 12.0. The van der Waals surface area contributed by atoms with Crippen LogP contribution in [-0.2, 0) is 14.3 Å². The lowest BCUT2D eigenvalue weighted by atomic mass is 10.2. The zero-order valence-electron chi connectivity index (χ0n) is 12.0. The van der Waals surface area contributed by atoms with Crippen LogP contribution in [0.25, 0.3) is 0 Å². The molecule has 0 aromatic carbocycles. The highest BCUT2D eigenvalue weighted by atomic mass is 16.5. The summed E-state index contributed by atoms with van der Waals surface area (Å²) in [6.45, 7) is 1.46. The summed E-state index contributed by atoms with van der Waals surface area (Å²) in [5.74, 6) is -0.0282. The summed E-state index contributed by atoms with van der Waals surface area (Å²) in [5, 5.41) is 8.03. The van der Waals surface area contributed by atoms with Gasteiger partial charge in [-0.2, -0.15) is 0 Å². The fourth-order valence-electron chi connectivity index (χ4n) is 1.47. The number of amides is 3. The van der Waals surface area contributed by atoms with E-state index in [9.17, 15) is 9.59 Å². The van der Waals surface area contributed by atoms with Crippen LogP contribution in [0.4, 0.5) is 4.79 Å². The van der Waals surface area contributed by atoms with E-state index in [1.165, 1.54) is 0 Å². The predicted octanol–water partition coefficient (Wildman–Crippen LogP) is -0.137. The minimum atomic E-state index is -0.255. The highest BCUT2D eigenvalue weighted by Crippen LogP contribution is 1.94. The second-order valence-corrected chi connectivity index (χ2v) is 4.11. The highest BCUT2D eigenvalue weighted by molar-refractivity contribution is 5.76. The summed E-state index contributed by atoms with van der Waals surface area (Å²) in [6, 6.07) is -0.334. The molecule has 112 valence electrons. The van der Waals surface area contributed by atoms with Gasteiger partial charge in [0.2, 0.25) is 5.91 Å². The minimum absolute atomic E-state index is 0.0282. The topological polar surface area (TPSA) is 88.7 Å². The van der Waals surface area contributed by atoms with Gasteiger partial charge in [0.25, 0.3) is 0 Å². The first-order valence-corrected chi connectivity index (χ1v) is 6.36. The highest BCUT2D eigenvalue weighted by Gasteiger charge is 2.11. The summed E-state index contributed by atoms with van der Waals surface area (Å²) in [7, 11) is 4.79. The van der Waals surface area contributed by atoms with Crippen LogP contribution in [0.2, 0.25) is 0 Å². The predicted molar refractivity (Wildman–Crippen MR) is 72.0 cm³/mol. The van der Waals surface area contributed by atoms with Gasteiger partial charge in [-0.3, -0.25) is 4.79 Å². The Balaban J connectivity index is 3.76. The lowest BCUT2D eigenvalue weighted by Gasteiger charge is -2.17. The number of urea groups is 1. The number of nitrogens with one attached hydrogen (secondary N) is 3. The second-order valence-electron chi connectivity index (χ2n) is 4.11. The Morgan fingerprint density at radius 3 is 2.53 bits per heavy atom. The average molecular weight is 275 g/mol. The van der Waals surface area contributed by atoms with Gasteiger partial charge in [0.15, 0.2) is 0 Å². The molecule has 1 unspecified atom stereocenters. The number of ether oxygens (including phenoxy) is 2. The van der Waals surface area contributed by atoms with Crippen molar-refractivity contribution in [1.29, 1.82) is 0 Å². The standard InChI is InChI=1S/C12H25N3O4/c1-13-11(16)5-4-7-14-12(17)15-10(9-19-3)6-8-18-2/h10H,4-9H2,1-3H3,(H,13,16)(H2,14,15,17). The van der Waals surface area contributed by atoms with Crippen molar-refractivity contribution in [3.63, 3.8) is 0 Å². The van der Waals surface area contributed by atoms with Crippen LogP contribution in [0, 0.1) is 0 Å². The molecule has 3 N–H and O–H groups in total. The lowest BCUT2D eigenvalue weighted by molar-refractivity contribution is -0.120. The third-order valence-electron chi connectivity index (χ3n) is 2.52. The van der Waals surface area contributed by atoms with Gasteiger partial charge in [-0.1, -0.05) is 0 Å². The number of hydrogen-bond acceptors (Lipinski definition) is 4. The van der Waals surface area contributed by atoms with E-state index in [1.54, 1.807) is 21.3 Å². The molecule has 0 spiro atoms. The number of carbonyl (C=O) groups is 2. The smallest absolute Gasteiger partial charge is 0.315 e. The Morgan fingerprint density at radius 2 is 1.95 bits per heavy atom. The molecule has 0 bridgehead atoms. The maximum atomic E-state index is 11.6. The third-order valence-corrected chi connectivity index (χ3v) is 2.52. The van der Waals surface area contributed by atoms with Crippen molar-refractivity contribution in [2.24, 2.45) is 0 Å². The minimum Gasteiger partial charge on any atom is -0.385 e. The fourth-order valence-corrected chi connectivity index (χ4v) is 1.47. The van der Waals surface area contributed by atoms with Crippen molar-refractivity contribution >= 4 is 11.9 Å². The van der Waals surface area contributed by atoms with Crippen molar-refractivity contribution < 1.29 is 19.1 Å². The van der Waals surface area contributed by atoms with Gasteiger partial charge in [-0.25, -0.2) is 4.79 Å². The van der Waals surface area contributed by atoms with Gasteiger partial charge in [0, 0.05) is 40.8 Å². The van der Waals surface area contributed by atoms with E-state index in [0.29, 0.717) is 39.0 Å². The first-order chi connectivity index (χ1) is 9.13. The molecule has 0 aromatic rings. The monoisotopic (exact) mass is 275 g/mol. The van der Waals surface area contributed by atoms with E-state index in [2.05, 4.69) is 16.0 Å². The van der Waals surface area contributed by atoms with Crippen molar-refractivity contribution in [2.75, 3.05) is 41.0 Å². The number of methoxy groups -OCH3 is 2. The molecule has 0 aliphatic carbocycles. The Morgan fingerprint density at radius 1 is 1.21 bits per heavy atom. The summed E-state index contributed by atoms with van der Waals surface area (Å²) >= 11 is 0. The molecular weight excluding hydrogens is 250 g/mol. The molecule has 0 aliphatic heterocycles. The van der Waals surface area contributed by atoms with Gasteiger partial charge in [-0.15, -0.1) is 0 Å². The average Bonchev–Trinajstić information content (AvgIpc) is 2.40. The molecule has 0 saturated carbocycles. The van der Waals surface area contributed by atoms with Crippen LogP contribution in [-0.4, -0.2) is 59.0 Å².